The molecule has 8 nitrogen and oxygen atoms in total. The molecular formula is C21H21N7OS2. The van der Waals surface area contributed by atoms with Gasteiger partial charge in [-0.05, 0) is 48.9 Å². The lowest BCUT2D eigenvalue weighted by atomic mass is 9.90. The van der Waals surface area contributed by atoms with Crippen LogP contribution in [0.15, 0.2) is 46.0 Å². The number of nitrogens with zero attached hydrogens (tertiary/aromatic N) is 5. The molecule has 0 fully saturated rings. The van der Waals surface area contributed by atoms with E-state index in [4.69, 9.17) is 10.2 Å². The fraction of sp³-hybridized carbons (Fsp3) is 0.286. The standard InChI is InChI=1S/C21H21N7OS2/c1-12-7-8-15-13(9-12)10-16(31-15)18-27-28-21(29-18)30-11-17-24-19(22)26-20(25-17)23-14-5-3-2-4-6-14/h2-6,10,12H,7-9,11H2,1H3,(H3,22,23,24,25,26)/t12-/m1/s1. The van der Waals surface area contributed by atoms with Gasteiger partial charge in [-0.2, -0.15) is 15.0 Å². The van der Waals surface area contributed by atoms with Gasteiger partial charge in [0, 0.05) is 10.6 Å². The molecule has 3 heterocycles. The molecule has 10 heteroatoms. The van der Waals surface area contributed by atoms with Crippen molar-refractivity contribution in [1.82, 2.24) is 25.1 Å². The maximum absolute atomic E-state index is 5.89. The lowest BCUT2D eigenvalue weighted by Gasteiger charge is -2.16. The van der Waals surface area contributed by atoms with Crippen LogP contribution in [0.3, 0.4) is 0 Å². The number of para-hydroxylation sites is 1. The third kappa shape index (κ3) is 4.70. The molecule has 3 aromatic heterocycles. The maximum atomic E-state index is 5.89. The van der Waals surface area contributed by atoms with E-state index in [-0.39, 0.29) is 5.95 Å². The van der Waals surface area contributed by atoms with Crippen molar-refractivity contribution in [2.24, 2.45) is 5.92 Å². The van der Waals surface area contributed by atoms with Crippen LogP contribution in [0, 0.1) is 5.92 Å². The summed E-state index contributed by atoms with van der Waals surface area (Å²) in [5.41, 5.74) is 8.16. The summed E-state index contributed by atoms with van der Waals surface area (Å²) >= 11 is 3.14. The first-order valence-corrected chi connectivity index (χ1v) is 11.8. The number of hydrogen-bond donors (Lipinski definition) is 2. The Hall–Kier alpha value is -2.98. The van der Waals surface area contributed by atoms with Crippen LogP contribution in [0.2, 0.25) is 0 Å². The number of nitrogens with one attached hydrogen (secondary N) is 1. The Balaban J connectivity index is 1.26. The third-order valence-corrected chi connectivity index (χ3v) is 7.04. The zero-order chi connectivity index (χ0) is 21.2. The predicted octanol–water partition coefficient (Wildman–Crippen LogP) is 4.73. The van der Waals surface area contributed by atoms with Crippen molar-refractivity contribution in [3.63, 3.8) is 0 Å². The van der Waals surface area contributed by atoms with Crippen LogP contribution in [0.5, 0.6) is 0 Å². The Morgan fingerprint density at radius 2 is 2.06 bits per heavy atom. The van der Waals surface area contributed by atoms with Crippen LogP contribution in [-0.4, -0.2) is 25.1 Å². The first kappa shape index (κ1) is 20.0. The van der Waals surface area contributed by atoms with Gasteiger partial charge in [-0.25, -0.2) is 0 Å². The normalized spacial score (nSPS) is 15.6. The Kier molecular flexibility index (Phi) is 5.56. The lowest BCUT2D eigenvalue weighted by molar-refractivity contribution is 0.466. The van der Waals surface area contributed by atoms with Crippen molar-refractivity contribution >= 4 is 40.7 Å². The van der Waals surface area contributed by atoms with E-state index in [2.05, 4.69) is 43.5 Å². The fourth-order valence-corrected chi connectivity index (χ4v) is 5.26. The van der Waals surface area contributed by atoms with E-state index in [1.54, 1.807) is 11.3 Å². The van der Waals surface area contributed by atoms with Crippen molar-refractivity contribution in [3.8, 4) is 10.8 Å². The zero-order valence-corrected chi connectivity index (χ0v) is 18.5. The minimum absolute atomic E-state index is 0.161. The molecule has 158 valence electrons. The summed E-state index contributed by atoms with van der Waals surface area (Å²) in [5.74, 6) is 2.84. The Morgan fingerprint density at radius 1 is 1.19 bits per heavy atom. The van der Waals surface area contributed by atoms with Crippen LogP contribution in [0.4, 0.5) is 17.6 Å². The fourth-order valence-electron chi connectivity index (χ4n) is 3.51. The number of fused-ring (bicyclic) bond motifs is 1. The SMILES string of the molecule is C[C@@H]1CCc2sc(-c3nnc(SCc4nc(N)nc(Nc5ccccc5)n4)o3)cc2C1. The van der Waals surface area contributed by atoms with Gasteiger partial charge in [0.2, 0.25) is 11.9 Å². The van der Waals surface area contributed by atoms with E-state index < -0.39 is 0 Å². The number of benzene rings is 1. The summed E-state index contributed by atoms with van der Waals surface area (Å²) in [6.45, 7) is 2.30. The molecule has 0 aliphatic heterocycles. The van der Waals surface area contributed by atoms with Crippen molar-refractivity contribution in [2.45, 2.75) is 37.2 Å². The van der Waals surface area contributed by atoms with Gasteiger partial charge in [0.1, 0.15) is 5.82 Å². The molecule has 31 heavy (non-hydrogen) atoms. The summed E-state index contributed by atoms with van der Waals surface area (Å²) in [4.78, 5) is 15.3. The quantitative estimate of drug-likeness (QED) is 0.401. The number of aromatic nitrogens is 5. The highest BCUT2D eigenvalue weighted by Gasteiger charge is 2.21. The number of nitrogen functional groups attached to an aromatic ring is 1. The van der Waals surface area contributed by atoms with Gasteiger partial charge in [0.05, 0.1) is 10.6 Å². The number of aryl methyl sites for hydroxylation is 1. The summed E-state index contributed by atoms with van der Waals surface area (Å²) in [6, 6.07) is 11.9. The van der Waals surface area contributed by atoms with Crippen LogP contribution in [0.1, 0.15) is 29.6 Å². The van der Waals surface area contributed by atoms with Gasteiger partial charge in [-0.1, -0.05) is 36.9 Å². The van der Waals surface area contributed by atoms with Gasteiger partial charge < -0.3 is 15.5 Å². The third-order valence-electron chi connectivity index (χ3n) is 5.00. The minimum atomic E-state index is 0.161. The molecule has 1 aliphatic rings. The van der Waals surface area contributed by atoms with Gasteiger partial charge in [0.15, 0.2) is 0 Å². The van der Waals surface area contributed by atoms with Crippen molar-refractivity contribution < 1.29 is 4.42 Å². The molecule has 0 bridgehead atoms. The second kappa shape index (κ2) is 8.64. The van der Waals surface area contributed by atoms with Gasteiger partial charge >= 0.3 is 0 Å². The van der Waals surface area contributed by atoms with Crippen LogP contribution in [0.25, 0.3) is 10.8 Å². The summed E-state index contributed by atoms with van der Waals surface area (Å²) < 4.78 is 5.89. The largest absolute Gasteiger partial charge is 0.410 e. The van der Waals surface area contributed by atoms with E-state index in [0.717, 1.165) is 29.3 Å². The van der Waals surface area contributed by atoms with E-state index in [1.165, 1.54) is 28.6 Å². The second-order valence-corrected chi connectivity index (χ2v) is 9.56. The average Bonchev–Trinajstić information content (AvgIpc) is 3.39. The molecular weight excluding hydrogens is 430 g/mol. The molecule has 0 spiro atoms. The van der Waals surface area contributed by atoms with E-state index in [1.807, 2.05) is 30.3 Å². The summed E-state index contributed by atoms with van der Waals surface area (Å²) in [7, 11) is 0. The molecule has 1 aromatic carbocycles. The molecule has 3 N–H and O–H groups in total. The maximum Gasteiger partial charge on any atom is 0.277 e. The summed E-state index contributed by atoms with van der Waals surface area (Å²) in [6.07, 6.45) is 3.51. The first-order valence-electron chi connectivity index (χ1n) is 10.0. The molecule has 5 rings (SSSR count). The monoisotopic (exact) mass is 451 g/mol. The van der Waals surface area contributed by atoms with Crippen LogP contribution < -0.4 is 11.1 Å². The average molecular weight is 452 g/mol. The smallest absolute Gasteiger partial charge is 0.277 e. The van der Waals surface area contributed by atoms with Crippen LogP contribution >= 0.6 is 23.1 Å². The van der Waals surface area contributed by atoms with Crippen molar-refractivity contribution in [2.75, 3.05) is 11.1 Å². The molecule has 0 amide bonds. The molecule has 0 radical (unpaired) electrons. The zero-order valence-electron chi connectivity index (χ0n) is 16.9. The molecule has 1 aliphatic carbocycles. The number of rotatable bonds is 6. The molecule has 4 aromatic rings. The van der Waals surface area contributed by atoms with Crippen molar-refractivity contribution in [1.29, 1.82) is 0 Å². The van der Waals surface area contributed by atoms with Crippen LogP contribution in [-0.2, 0) is 18.6 Å². The van der Waals surface area contributed by atoms with E-state index in [9.17, 15) is 0 Å². The second-order valence-electron chi connectivity index (χ2n) is 7.49. The van der Waals surface area contributed by atoms with Gasteiger partial charge in [-0.15, -0.1) is 21.5 Å². The lowest BCUT2D eigenvalue weighted by Crippen LogP contribution is -2.07. The Bertz CT molecular complexity index is 1190. The van der Waals surface area contributed by atoms with Gasteiger partial charge in [-0.3, -0.25) is 0 Å². The number of thioether (sulfide) groups is 1. The predicted molar refractivity (Wildman–Crippen MR) is 122 cm³/mol. The number of anilines is 3. The Labute approximate surface area is 187 Å². The highest BCUT2D eigenvalue weighted by molar-refractivity contribution is 7.98. The number of thiophene rings is 1. The van der Waals surface area contributed by atoms with E-state index >= 15 is 0 Å². The summed E-state index contributed by atoms with van der Waals surface area (Å²) in [5, 5.41) is 12.0. The molecule has 1 atom stereocenters. The first-order chi connectivity index (χ1) is 15.1. The topological polar surface area (TPSA) is 116 Å². The number of hydrogen-bond acceptors (Lipinski definition) is 10. The highest BCUT2D eigenvalue weighted by atomic mass is 32.2. The molecule has 0 saturated carbocycles. The van der Waals surface area contributed by atoms with Crippen molar-refractivity contribution in [3.05, 3.63) is 52.7 Å². The molecule has 0 saturated heterocycles. The Morgan fingerprint density at radius 3 is 2.94 bits per heavy atom. The highest BCUT2D eigenvalue weighted by Crippen LogP contribution is 2.37. The molecule has 0 unspecified atom stereocenters. The van der Waals surface area contributed by atoms with E-state index in [0.29, 0.717) is 28.6 Å². The minimum Gasteiger partial charge on any atom is -0.410 e. The van der Waals surface area contributed by atoms with Gasteiger partial charge in [0.25, 0.3) is 11.1 Å². The number of nitrogens with two attached hydrogens (primary N) is 1.